The average Bonchev–Trinajstić information content (AvgIpc) is 3.18. The molecule has 0 aliphatic rings. The van der Waals surface area contributed by atoms with Gasteiger partial charge in [-0.1, -0.05) is 6.07 Å². The number of aliphatic hydroxyl groups is 1. The Bertz CT molecular complexity index is 1320. The molecular formula is C22H26ClN5O3S. The fourth-order valence-electron chi connectivity index (χ4n) is 3.65. The number of fused-ring (bicyclic) bond motifs is 2. The first kappa shape index (κ1) is 24.1. The van der Waals surface area contributed by atoms with Crippen molar-refractivity contribution >= 4 is 44.1 Å². The summed E-state index contributed by atoms with van der Waals surface area (Å²) in [6.45, 7) is 4.12. The minimum absolute atomic E-state index is 0. The summed E-state index contributed by atoms with van der Waals surface area (Å²) in [6, 6.07) is 8.21. The Labute approximate surface area is 192 Å². The standard InChI is InChI=1S/C22H25N5O3S.ClH/c1-15(27-31(29,30)18-4-3-17-11-23-7-5-16(17)9-18)10-25-14-22(2,28)20-12-26-21-13-24-8-6-19(20)21;/h3-9,11-13,15,25-28H,10,14H2,1-2H3;1H/t15-,22?;/m1./s1. The predicted octanol–water partition coefficient (Wildman–Crippen LogP) is 2.70. The van der Waals surface area contributed by atoms with E-state index in [0.29, 0.717) is 6.54 Å². The first-order valence-corrected chi connectivity index (χ1v) is 11.5. The van der Waals surface area contributed by atoms with Gasteiger partial charge < -0.3 is 15.4 Å². The maximum atomic E-state index is 12.8. The number of nitrogens with one attached hydrogen (secondary N) is 3. The highest BCUT2D eigenvalue weighted by Gasteiger charge is 2.26. The smallest absolute Gasteiger partial charge is 0.240 e. The molecule has 0 bridgehead atoms. The van der Waals surface area contributed by atoms with E-state index >= 15 is 0 Å². The predicted molar refractivity (Wildman–Crippen MR) is 127 cm³/mol. The van der Waals surface area contributed by atoms with Gasteiger partial charge in [0, 0.05) is 60.3 Å². The second kappa shape index (κ2) is 9.51. The van der Waals surface area contributed by atoms with Crippen molar-refractivity contribution in [1.82, 2.24) is 25.0 Å². The van der Waals surface area contributed by atoms with E-state index in [1.807, 2.05) is 6.07 Å². The van der Waals surface area contributed by atoms with E-state index in [9.17, 15) is 13.5 Å². The first-order valence-electron chi connectivity index (χ1n) is 9.97. The number of rotatable bonds is 8. The topological polar surface area (TPSA) is 120 Å². The lowest BCUT2D eigenvalue weighted by Crippen LogP contribution is -2.43. The van der Waals surface area contributed by atoms with Gasteiger partial charge in [0.2, 0.25) is 10.0 Å². The SMILES string of the molecule is C[C@H](CNCC(C)(O)c1c[nH]c2cnccc12)NS(=O)(=O)c1ccc2cnccc2c1.Cl. The molecule has 170 valence electrons. The third-order valence-electron chi connectivity index (χ3n) is 5.26. The van der Waals surface area contributed by atoms with Crippen LogP contribution in [-0.2, 0) is 15.6 Å². The maximum absolute atomic E-state index is 12.8. The number of H-pyrrole nitrogens is 1. The Hall–Kier alpha value is -2.56. The van der Waals surface area contributed by atoms with Crippen molar-refractivity contribution in [3.63, 3.8) is 0 Å². The normalized spacial score (nSPS) is 14.7. The molecule has 0 aliphatic heterocycles. The Morgan fingerprint density at radius 2 is 1.88 bits per heavy atom. The van der Waals surface area contributed by atoms with Gasteiger partial charge in [-0.2, -0.15) is 0 Å². The van der Waals surface area contributed by atoms with Gasteiger partial charge in [0.15, 0.2) is 0 Å². The second-order valence-corrected chi connectivity index (χ2v) is 9.65. The molecule has 0 saturated carbocycles. The van der Waals surface area contributed by atoms with E-state index in [2.05, 4.69) is 25.0 Å². The highest BCUT2D eigenvalue weighted by Crippen LogP contribution is 2.27. The number of aromatic amines is 1. The van der Waals surface area contributed by atoms with Gasteiger partial charge in [0.1, 0.15) is 5.60 Å². The number of aromatic nitrogens is 3. The number of hydrogen-bond acceptors (Lipinski definition) is 6. The zero-order valence-corrected chi connectivity index (χ0v) is 19.4. The van der Waals surface area contributed by atoms with Crippen LogP contribution in [0.1, 0.15) is 19.4 Å². The largest absolute Gasteiger partial charge is 0.384 e. The van der Waals surface area contributed by atoms with Crippen LogP contribution in [0.3, 0.4) is 0 Å². The van der Waals surface area contributed by atoms with E-state index in [1.54, 1.807) is 69.1 Å². The molecule has 0 aliphatic carbocycles. The molecule has 1 unspecified atom stereocenters. The monoisotopic (exact) mass is 475 g/mol. The van der Waals surface area contributed by atoms with Crippen LogP contribution < -0.4 is 10.0 Å². The molecule has 4 N–H and O–H groups in total. The molecule has 0 fully saturated rings. The van der Waals surface area contributed by atoms with E-state index in [4.69, 9.17) is 0 Å². The molecule has 3 heterocycles. The van der Waals surface area contributed by atoms with Crippen LogP contribution in [0, 0.1) is 0 Å². The van der Waals surface area contributed by atoms with Gasteiger partial charge in [-0.15, -0.1) is 12.4 Å². The van der Waals surface area contributed by atoms with E-state index in [-0.39, 0.29) is 29.9 Å². The number of nitrogens with zero attached hydrogens (tertiary/aromatic N) is 2. The van der Waals surface area contributed by atoms with E-state index in [0.717, 1.165) is 27.2 Å². The molecule has 4 rings (SSSR count). The van der Waals surface area contributed by atoms with Gasteiger partial charge in [-0.25, -0.2) is 13.1 Å². The third-order valence-corrected chi connectivity index (χ3v) is 6.85. The Kier molecular flexibility index (Phi) is 7.16. The van der Waals surface area contributed by atoms with Crippen molar-refractivity contribution in [2.75, 3.05) is 13.1 Å². The Morgan fingerprint density at radius 3 is 2.69 bits per heavy atom. The Balaban J connectivity index is 0.00000289. The van der Waals surface area contributed by atoms with Gasteiger partial charge in [-0.3, -0.25) is 9.97 Å². The van der Waals surface area contributed by atoms with Gasteiger partial charge in [0.25, 0.3) is 0 Å². The molecule has 2 atom stereocenters. The fraction of sp³-hybridized carbons (Fsp3) is 0.273. The van der Waals surface area contributed by atoms with Crippen LogP contribution in [-0.4, -0.2) is 47.6 Å². The first-order chi connectivity index (χ1) is 14.8. The summed E-state index contributed by atoms with van der Waals surface area (Å²) in [5.74, 6) is 0. The quantitative estimate of drug-likeness (QED) is 0.311. The molecule has 0 amide bonds. The molecule has 0 spiro atoms. The molecule has 4 aromatic rings. The summed E-state index contributed by atoms with van der Waals surface area (Å²) >= 11 is 0. The van der Waals surface area contributed by atoms with Gasteiger partial charge in [0.05, 0.1) is 16.6 Å². The highest BCUT2D eigenvalue weighted by molar-refractivity contribution is 7.89. The van der Waals surface area contributed by atoms with Crippen molar-refractivity contribution in [3.05, 3.63) is 66.9 Å². The van der Waals surface area contributed by atoms with E-state index < -0.39 is 15.6 Å². The number of pyridine rings is 2. The van der Waals surface area contributed by atoms with Crippen LogP contribution >= 0.6 is 12.4 Å². The zero-order valence-electron chi connectivity index (χ0n) is 17.7. The third kappa shape index (κ3) is 5.08. The van der Waals surface area contributed by atoms with Crippen molar-refractivity contribution in [2.24, 2.45) is 0 Å². The van der Waals surface area contributed by atoms with Crippen LogP contribution in [0.2, 0.25) is 0 Å². The summed E-state index contributed by atoms with van der Waals surface area (Å²) in [5.41, 5.74) is 0.478. The molecular weight excluding hydrogens is 450 g/mol. The summed E-state index contributed by atoms with van der Waals surface area (Å²) < 4.78 is 28.2. The lowest BCUT2D eigenvalue weighted by Gasteiger charge is -2.25. The van der Waals surface area contributed by atoms with Crippen LogP contribution in [0.5, 0.6) is 0 Å². The molecule has 3 aromatic heterocycles. The molecule has 1 aromatic carbocycles. The second-order valence-electron chi connectivity index (χ2n) is 7.94. The van der Waals surface area contributed by atoms with Crippen molar-refractivity contribution < 1.29 is 13.5 Å². The summed E-state index contributed by atoms with van der Waals surface area (Å²) in [5, 5.41) is 16.7. The lowest BCUT2D eigenvalue weighted by atomic mass is 9.96. The molecule has 10 heteroatoms. The molecule has 0 saturated heterocycles. The van der Waals surface area contributed by atoms with Crippen molar-refractivity contribution in [3.8, 4) is 0 Å². The number of hydrogen-bond donors (Lipinski definition) is 4. The van der Waals surface area contributed by atoms with Gasteiger partial charge in [-0.05, 0) is 43.5 Å². The number of halogens is 1. The average molecular weight is 476 g/mol. The Morgan fingerprint density at radius 1 is 1.12 bits per heavy atom. The fourth-order valence-corrected chi connectivity index (χ4v) is 4.93. The highest BCUT2D eigenvalue weighted by atomic mass is 35.5. The summed E-state index contributed by atoms with van der Waals surface area (Å²) in [6.07, 6.45) is 8.50. The van der Waals surface area contributed by atoms with E-state index in [1.165, 1.54) is 0 Å². The van der Waals surface area contributed by atoms with Crippen LogP contribution in [0.4, 0.5) is 0 Å². The molecule has 8 nitrogen and oxygen atoms in total. The van der Waals surface area contributed by atoms with Crippen LogP contribution in [0.15, 0.2) is 66.2 Å². The minimum atomic E-state index is -3.67. The lowest BCUT2D eigenvalue weighted by molar-refractivity contribution is 0.0583. The number of sulfonamides is 1. The number of benzene rings is 1. The molecule has 32 heavy (non-hydrogen) atoms. The molecule has 0 radical (unpaired) electrons. The summed E-state index contributed by atoms with van der Waals surface area (Å²) in [7, 11) is -3.67. The van der Waals surface area contributed by atoms with Crippen molar-refractivity contribution in [1.29, 1.82) is 0 Å². The van der Waals surface area contributed by atoms with Crippen LogP contribution in [0.25, 0.3) is 21.7 Å². The zero-order chi connectivity index (χ0) is 22.1. The van der Waals surface area contributed by atoms with Crippen molar-refractivity contribution in [2.45, 2.75) is 30.4 Å². The minimum Gasteiger partial charge on any atom is -0.384 e. The maximum Gasteiger partial charge on any atom is 0.240 e. The summed E-state index contributed by atoms with van der Waals surface area (Å²) in [4.78, 5) is 11.4. The van der Waals surface area contributed by atoms with Gasteiger partial charge >= 0.3 is 0 Å².